The lowest BCUT2D eigenvalue weighted by atomic mass is 10.1. The zero-order chi connectivity index (χ0) is 18.1. The lowest BCUT2D eigenvalue weighted by molar-refractivity contribution is -0.124. The SMILES string of the molecule is CCOc1ccc(C(=O)OCC(=O)NCCc2ccccc2C)cc1. The van der Waals surface area contributed by atoms with Crippen molar-refractivity contribution in [3.63, 3.8) is 0 Å². The predicted molar refractivity (Wildman–Crippen MR) is 95.8 cm³/mol. The predicted octanol–water partition coefficient (Wildman–Crippen LogP) is 2.91. The third kappa shape index (κ3) is 5.95. The van der Waals surface area contributed by atoms with Crippen molar-refractivity contribution in [2.75, 3.05) is 19.8 Å². The minimum atomic E-state index is -0.530. The summed E-state index contributed by atoms with van der Waals surface area (Å²) >= 11 is 0. The van der Waals surface area contributed by atoms with Crippen LogP contribution in [-0.2, 0) is 16.0 Å². The molecule has 0 saturated carbocycles. The van der Waals surface area contributed by atoms with Gasteiger partial charge in [-0.05, 0) is 55.7 Å². The van der Waals surface area contributed by atoms with Crippen LogP contribution in [-0.4, -0.2) is 31.6 Å². The Bertz CT molecular complexity index is 710. The Morgan fingerprint density at radius 1 is 1.04 bits per heavy atom. The largest absolute Gasteiger partial charge is 0.494 e. The number of benzene rings is 2. The average Bonchev–Trinajstić information content (AvgIpc) is 2.62. The molecule has 1 N–H and O–H groups in total. The highest BCUT2D eigenvalue weighted by atomic mass is 16.5. The van der Waals surface area contributed by atoms with Crippen LogP contribution in [0.3, 0.4) is 0 Å². The molecule has 0 fully saturated rings. The number of ether oxygens (including phenoxy) is 2. The molecule has 25 heavy (non-hydrogen) atoms. The molecule has 5 nitrogen and oxygen atoms in total. The van der Waals surface area contributed by atoms with Crippen molar-refractivity contribution in [2.45, 2.75) is 20.3 Å². The monoisotopic (exact) mass is 341 g/mol. The van der Waals surface area contributed by atoms with E-state index in [2.05, 4.69) is 5.32 Å². The molecule has 0 heterocycles. The highest BCUT2D eigenvalue weighted by Gasteiger charge is 2.10. The van der Waals surface area contributed by atoms with E-state index in [4.69, 9.17) is 9.47 Å². The van der Waals surface area contributed by atoms with Crippen LogP contribution in [0.2, 0.25) is 0 Å². The van der Waals surface area contributed by atoms with Gasteiger partial charge in [0.25, 0.3) is 5.91 Å². The van der Waals surface area contributed by atoms with Crippen molar-refractivity contribution < 1.29 is 19.1 Å². The first-order valence-electron chi connectivity index (χ1n) is 8.31. The first-order chi connectivity index (χ1) is 12.1. The average molecular weight is 341 g/mol. The highest BCUT2D eigenvalue weighted by Crippen LogP contribution is 2.12. The molecule has 5 heteroatoms. The van der Waals surface area contributed by atoms with Gasteiger partial charge in [0, 0.05) is 6.54 Å². The molecule has 0 aromatic heterocycles. The van der Waals surface area contributed by atoms with Gasteiger partial charge in [-0.1, -0.05) is 24.3 Å². The quantitative estimate of drug-likeness (QED) is 0.750. The maximum Gasteiger partial charge on any atom is 0.338 e. The number of hydrogen-bond donors (Lipinski definition) is 1. The minimum Gasteiger partial charge on any atom is -0.494 e. The van der Waals surface area contributed by atoms with Gasteiger partial charge in [0.15, 0.2) is 6.61 Å². The summed E-state index contributed by atoms with van der Waals surface area (Å²) in [6.07, 6.45) is 0.741. The van der Waals surface area contributed by atoms with Crippen LogP contribution in [0.15, 0.2) is 48.5 Å². The van der Waals surface area contributed by atoms with Crippen LogP contribution in [0.4, 0.5) is 0 Å². The summed E-state index contributed by atoms with van der Waals surface area (Å²) in [6.45, 7) is 4.70. The fourth-order valence-corrected chi connectivity index (χ4v) is 2.35. The molecule has 2 aromatic carbocycles. The third-order valence-electron chi connectivity index (χ3n) is 3.71. The molecule has 0 aliphatic rings. The second-order valence-corrected chi connectivity index (χ2v) is 5.56. The molecule has 0 bridgehead atoms. The maximum absolute atomic E-state index is 11.9. The van der Waals surface area contributed by atoms with E-state index in [1.165, 1.54) is 11.1 Å². The Labute approximate surface area is 148 Å². The Balaban J connectivity index is 1.72. The standard InChI is InChI=1S/C20H23NO4/c1-3-24-18-10-8-17(9-11-18)20(23)25-14-19(22)21-13-12-16-7-5-4-6-15(16)2/h4-11H,3,12-14H2,1-2H3,(H,21,22). The van der Waals surface area contributed by atoms with Crippen LogP contribution >= 0.6 is 0 Å². The zero-order valence-electron chi connectivity index (χ0n) is 14.6. The number of rotatable bonds is 8. The Morgan fingerprint density at radius 2 is 1.76 bits per heavy atom. The Hall–Kier alpha value is -2.82. The van der Waals surface area contributed by atoms with Crippen LogP contribution < -0.4 is 10.1 Å². The topological polar surface area (TPSA) is 64.6 Å². The fourth-order valence-electron chi connectivity index (χ4n) is 2.35. The van der Waals surface area contributed by atoms with E-state index in [9.17, 15) is 9.59 Å². The second-order valence-electron chi connectivity index (χ2n) is 5.56. The molecular formula is C20H23NO4. The summed E-state index contributed by atoms with van der Waals surface area (Å²) in [5, 5.41) is 2.75. The lowest BCUT2D eigenvalue weighted by Crippen LogP contribution is -2.30. The Kier molecular flexibility index (Phi) is 7.01. The molecule has 0 unspecified atom stereocenters. The van der Waals surface area contributed by atoms with Crippen LogP contribution in [0, 0.1) is 6.92 Å². The van der Waals surface area contributed by atoms with Gasteiger partial charge >= 0.3 is 5.97 Å². The molecule has 0 saturated heterocycles. The summed E-state index contributed by atoms with van der Waals surface area (Å²) in [7, 11) is 0. The molecule has 0 aliphatic heterocycles. The molecule has 2 rings (SSSR count). The van der Waals surface area contributed by atoms with E-state index in [1.54, 1.807) is 24.3 Å². The highest BCUT2D eigenvalue weighted by molar-refractivity contribution is 5.91. The lowest BCUT2D eigenvalue weighted by Gasteiger charge is -2.08. The van der Waals surface area contributed by atoms with Gasteiger partial charge in [0.2, 0.25) is 0 Å². The van der Waals surface area contributed by atoms with Crippen molar-refractivity contribution in [1.82, 2.24) is 5.32 Å². The van der Waals surface area contributed by atoms with Crippen molar-refractivity contribution in [3.8, 4) is 5.75 Å². The van der Waals surface area contributed by atoms with Crippen LogP contribution in [0.5, 0.6) is 5.75 Å². The normalized spacial score (nSPS) is 10.2. The number of amides is 1. The molecular weight excluding hydrogens is 318 g/mol. The van der Waals surface area contributed by atoms with E-state index < -0.39 is 5.97 Å². The zero-order valence-corrected chi connectivity index (χ0v) is 14.6. The van der Waals surface area contributed by atoms with E-state index in [1.807, 2.05) is 38.1 Å². The van der Waals surface area contributed by atoms with E-state index in [0.29, 0.717) is 24.5 Å². The molecule has 0 aliphatic carbocycles. The van der Waals surface area contributed by atoms with E-state index >= 15 is 0 Å². The van der Waals surface area contributed by atoms with Crippen molar-refractivity contribution in [1.29, 1.82) is 0 Å². The van der Waals surface area contributed by atoms with E-state index in [-0.39, 0.29) is 12.5 Å². The van der Waals surface area contributed by atoms with E-state index in [0.717, 1.165) is 6.42 Å². The van der Waals surface area contributed by atoms with Crippen molar-refractivity contribution in [2.24, 2.45) is 0 Å². The van der Waals surface area contributed by atoms with Gasteiger partial charge in [0.05, 0.1) is 12.2 Å². The van der Waals surface area contributed by atoms with Crippen LogP contribution in [0.25, 0.3) is 0 Å². The number of carbonyl (C=O) groups excluding carboxylic acids is 2. The fraction of sp³-hybridized carbons (Fsp3) is 0.300. The van der Waals surface area contributed by atoms with Gasteiger partial charge in [-0.15, -0.1) is 0 Å². The van der Waals surface area contributed by atoms with Crippen molar-refractivity contribution in [3.05, 3.63) is 65.2 Å². The molecule has 0 radical (unpaired) electrons. The summed E-state index contributed by atoms with van der Waals surface area (Å²) < 4.78 is 10.3. The van der Waals surface area contributed by atoms with Gasteiger partial charge < -0.3 is 14.8 Å². The molecule has 1 amide bonds. The third-order valence-corrected chi connectivity index (χ3v) is 3.71. The number of carbonyl (C=O) groups is 2. The number of aryl methyl sites for hydroxylation is 1. The van der Waals surface area contributed by atoms with Crippen molar-refractivity contribution >= 4 is 11.9 Å². The van der Waals surface area contributed by atoms with Crippen LogP contribution in [0.1, 0.15) is 28.4 Å². The molecule has 2 aromatic rings. The smallest absolute Gasteiger partial charge is 0.338 e. The first kappa shape index (κ1) is 18.5. The summed E-state index contributed by atoms with van der Waals surface area (Å²) in [6, 6.07) is 14.7. The summed E-state index contributed by atoms with van der Waals surface area (Å²) in [4.78, 5) is 23.7. The number of esters is 1. The van der Waals surface area contributed by atoms with Gasteiger partial charge in [0.1, 0.15) is 5.75 Å². The molecule has 0 atom stereocenters. The van der Waals surface area contributed by atoms with Gasteiger partial charge in [-0.25, -0.2) is 4.79 Å². The Morgan fingerprint density at radius 3 is 2.44 bits per heavy atom. The maximum atomic E-state index is 11.9. The number of nitrogens with one attached hydrogen (secondary N) is 1. The molecule has 0 spiro atoms. The number of hydrogen-bond acceptors (Lipinski definition) is 4. The first-order valence-corrected chi connectivity index (χ1v) is 8.31. The molecule has 132 valence electrons. The van der Waals surface area contributed by atoms with Gasteiger partial charge in [-0.2, -0.15) is 0 Å². The summed E-state index contributed by atoms with van der Waals surface area (Å²) in [5.41, 5.74) is 2.77. The summed E-state index contributed by atoms with van der Waals surface area (Å²) in [5.74, 6) is -0.155. The second kappa shape index (κ2) is 9.47. The van der Waals surface area contributed by atoms with Gasteiger partial charge in [-0.3, -0.25) is 4.79 Å². The minimum absolute atomic E-state index is 0.292.